The van der Waals surface area contributed by atoms with Crippen LogP contribution in [0.1, 0.15) is 39.0 Å². The van der Waals surface area contributed by atoms with E-state index in [0.717, 1.165) is 31.3 Å². The van der Waals surface area contributed by atoms with Crippen molar-refractivity contribution in [1.82, 2.24) is 5.32 Å². The van der Waals surface area contributed by atoms with Gasteiger partial charge >= 0.3 is 0 Å². The fourth-order valence-corrected chi connectivity index (χ4v) is 3.37. The summed E-state index contributed by atoms with van der Waals surface area (Å²) in [7, 11) is 0. The summed E-state index contributed by atoms with van der Waals surface area (Å²) in [6.45, 7) is 2.02. The van der Waals surface area contributed by atoms with Crippen molar-refractivity contribution < 1.29 is 9.53 Å². The predicted molar refractivity (Wildman–Crippen MR) is 60.9 cm³/mol. The summed E-state index contributed by atoms with van der Waals surface area (Å²) in [6.07, 6.45) is 7.18. The van der Waals surface area contributed by atoms with Gasteiger partial charge in [-0.15, -0.1) is 0 Å². The zero-order valence-corrected chi connectivity index (χ0v) is 9.74. The highest BCUT2D eigenvalue weighted by atomic mass is 16.5. The van der Waals surface area contributed by atoms with Gasteiger partial charge < -0.3 is 10.1 Å². The molecule has 2 bridgehead atoms. The molecule has 0 unspecified atom stereocenters. The van der Waals surface area contributed by atoms with Gasteiger partial charge in [-0.3, -0.25) is 4.79 Å². The normalized spacial score (nSPS) is 42.1. The molecule has 1 N–H and O–H groups in total. The lowest BCUT2D eigenvalue weighted by Crippen LogP contribution is -2.45. The molecule has 0 radical (unpaired) electrons. The van der Waals surface area contributed by atoms with Gasteiger partial charge in [0, 0.05) is 17.7 Å². The maximum Gasteiger partial charge on any atom is 0.170 e. The number of rotatable bonds is 1. The molecule has 0 aliphatic carbocycles. The van der Waals surface area contributed by atoms with Crippen molar-refractivity contribution >= 4 is 5.78 Å². The molecular formula is C13H19NO2. The lowest BCUT2D eigenvalue weighted by molar-refractivity contribution is -0.126. The molecule has 3 heteroatoms. The first-order valence-corrected chi connectivity index (χ1v) is 6.44. The van der Waals surface area contributed by atoms with Gasteiger partial charge in [-0.2, -0.15) is 0 Å². The Kier molecular flexibility index (Phi) is 2.51. The maximum atomic E-state index is 12.3. The molecule has 0 spiro atoms. The molecule has 0 aromatic rings. The summed E-state index contributed by atoms with van der Waals surface area (Å²) in [5.74, 6) is 0.409. The number of ether oxygens (including phenoxy) is 1. The van der Waals surface area contributed by atoms with E-state index in [1.165, 1.54) is 6.42 Å². The zero-order valence-electron chi connectivity index (χ0n) is 9.74. The van der Waals surface area contributed by atoms with Crippen LogP contribution < -0.4 is 5.32 Å². The fraction of sp³-hybridized carbons (Fsp3) is 0.769. The molecule has 3 aliphatic rings. The minimum Gasteiger partial charge on any atom is -0.497 e. The third-order valence-electron chi connectivity index (χ3n) is 4.29. The highest BCUT2D eigenvalue weighted by Gasteiger charge is 2.45. The quantitative estimate of drug-likeness (QED) is 0.733. The molecule has 4 atom stereocenters. The summed E-state index contributed by atoms with van der Waals surface area (Å²) in [5.41, 5.74) is 0.869. The molecule has 0 amide bonds. The van der Waals surface area contributed by atoms with Gasteiger partial charge in [0.15, 0.2) is 5.78 Å². The summed E-state index contributed by atoms with van der Waals surface area (Å²) in [5, 5.41) is 3.60. The number of nitrogens with one attached hydrogen (secondary N) is 1. The van der Waals surface area contributed by atoms with Gasteiger partial charge in [-0.25, -0.2) is 0 Å². The Hall–Kier alpha value is -0.830. The standard InChI is InChI=1S/C13H19NO2/c1-2-8-7-16-11-6-4-9-3-5-10(14-9)12(11)13(8)15/h7,9-12,14H,2-6H2,1H3/t9-,10+,11-,12+/m0/s1. The Labute approximate surface area is 96.2 Å². The Morgan fingerprint density at radius 1 is 1.38 bits per heavy atom. The first kappa shape index (κ1) is 10.3. The second-order valence-corrected chi connectivity index (χ2v) is 5.19. The molecule has 0 aromatic carbocycles. The van der Waals surface area contributed by atoms with Crippen molar-refractivity contribution in [2.75, 3.05) is 0 Å². The molecule has 88 valence electrons. The highest BCUT2D eigenvalue weighted by molar-refractivity contribution is 5.98. The molecule has 3 aliphatic heterocycles. The molecule has 2 fully saturated rings. The van der Waals surface area contributed by atoms with E-state index < -0.39 is 0 Å². The van der Waals surface area contributed by atoms with Crippen molar-refractivity contribution in [2.24, 2.45) is 5.92 Å². The van der Waals surface area contributed by atoms with Crippen molar-refractivity contribution in [3.05, 3.63) is 11.8 Å². The molecule has 0 aromatic heterocycles. The van der Waals surface area contributed by atoms with Crippen LogP contribution >= 0.6 is 0 Å². The zero-order chi connectivity index (χ0) is 11.1. The lowest BCUT2D eigenvalue weighted by Gasteiger charge is -2.32. The smallest absolute Gasteiger partial charge is 0.170 e. The topological polar surface area (TPSA) is 38.3 Å². The van der Waals surface area contributed by atoms with E-state index in [1.807, 2.05) is 6.92 Å². The van der Waals surface area contributed by atoms with Crippen LogP contribution in [0, 0.1) is 5.92 Å². The van der Waals surface area contributed by atoms with Gasteiger partial charge in [0.1, 0.15) is 6.10 Å². The summed E-state index contributed by atoms with van der Waals surface area (Å²) in [4.78, 5) is 12.3. The van der Waals surface area contributed by atoms with Gasteiger partial charge in [-0.05, 0) is 32.1 Å². The Morgan fingerprint density at radius 2 is 2.19 bits per heavy atom. The van der Waals surface area contributed by atoms with E-state index in [9.17, 15) is 4.79 Å². The molecule has 3 nitrogen and oxygen atoms in total. The van der Waals surface area contributed by atoms with Gasteiger partial charge in [0.25, 0.3) is 0 Å². The number of carbonyl (C=O) groups is 1. The van der Waals surface area contributed by atoms with Crippen LogP contribution in [-0.2, 0) is 9.53 Å². The molecule has 0 saturated carbocycles. The van der Waals surface area contributed by atoms with Gasteiger partial charge in [-0.1, -0.05) is 6.92 Å². The van der Waals surface area contributed by atoms with Crippen molar-refractivity contribution in [1.29, 1.82) is 0 Å². The first-order chi connectivity index (χ1) is 7.79. The van der Waals surface area contributed by atoms with Crippen molar-refractivity contribution in [3.63, 3.8) is 0 Å². The van der Waals surface area contributed by atoms with Crippen LogP contribution in [0.3, 0.4) is 0 Å². The maximum absolute atomic E-state index is 12.3. The number of allylic oxidation sites excluding steroid dienone is 1. The molecular weight excluding hydrogens is 202 g/mol. The van der Waals surface area contributed by atoms with Crippen molar-refractivity contribution in [3.8, 4) is 0 Å². The number of carbonyl (C=O) groups excluding carboxylic acids is 1. The number of hydrogen-bond donors (Lipinski definition) is 1. The monoisotopic (exact) mass is 221 g/mol. The summed E-state index contributed by atoms with van der Waals surface area (Å²) < 4.78 is 5.77. The third-order valence-corrected chi connectivity index (χ3v) is 4.29. The van der Waals surface area contributed by atoms with Gasteiger partial charge in [0.05, 0.1) is 12.2 Å². The average molecular weight is 221 g/mol. The molecule has 2 saturated heterocycles. The van der Waals surface area contributed by atoms with Crippen LogP contribution in [0.15, 0.2) is 11.8 Å². The van der Waals surface area contributed by atoms with Crippen LogP contribution in [-0.4, -0.2) is 24.0 Å². The first-order valence-electron chi connectivity index (χ1n) is 6.44. The summed E-state index contributed by atoms with van der Waals surface area (Å²) >= 11 is 0. The van der Waals surface area contributed by atoms with E-state index in [4.69, 9.17) is 4.74 Å². The van der Waals surface area contributed by atoms with Crippen LogP contribution in [0.25, 0.3) is 0 Å². The largest absolute Gasteiger partial charge is 0.497 e. The van der Waals surface area contributed by atoms with E-state index in [1.54, 1.807) is 6.26 Å². The van der Waals surface area contributed by atoms with Crippen molar-refractivity contribution in [2.45, 2.75) is 57.2 Å². The SMILES string of the molecule is CCC1=CO[C@H]2CC[C@@H]3CC[C@@H](N3)[C@H]2C1=O. The van der Waals surface area contributed by atoms with E-state index in [2.05, 4.69) is 5.32 Å². The molecule has 3 rings (SSSR count). The predicted octanol–water partition coefficient (Wildman–Crippen LogP) is 1.78. The Balaban J connectivity index is 1.89. The molecule has 16 heavy (non-hydrogen) atoms. The van der Waals surface area contributed by atoms with E-state index >= 15 is 0 Å². The van der Waals surface area contributed by atoms with Crippen LogP contribution in [0.2, 0.25) is 0 Å². The van der Waals surface area contributed by atoms with Crippen LogP contribution in [0.4, 0.5) is 0 Å². The van der Waals surface area contributed by atoms with Gasteiger partial charge in [0.2, 0.25) is 0 Å². The number of Topliss-reactive ketones (excluding diaryl/α,β-unsaturated/α-hetero) is 1. The molecule has 3 heterocycles. The summed E-state index contributed by atoms with van der Waals surface area (Å²) in [6, 6.07) is 0.984. The van der Waals surface area contributed by atoms with Crippen LogP contribution in [0.5, 0.6) is 0 Å². The number of hydrogen-bond acceptors (Lipinski definition) is 3. The Morgan fingerprint density at radius 3 is 3.00 bits per heavy atom. The lowest BCUT2D eigenvalue weighted by atomic mass is 9.81. The minimum atomic E-state index is 0.0763. The van der Waals surface area contributed by atoms with E-state index in [-0.39, 0.29) is 12.0 Å². The Bertz CT molecular complexity index is 337. The number of ketones is 1. The van der Waals surface area contributed by atoms with E-state index in [0.29, 0.717) is 17.9 Å². The highest BCUT2D eigenvalue weighted by Crippen LogP contribution is 2.36. The minimum absolute atomic E-state index is 0.0763. The second-order valence-electron chi connectivity index (χ2n) is 5.19. The average Bonchev–Trinajstić information content (AvgIpc) is 2.65. The third kappa shape index (κ3) is 1.49. The second kappa shape index (κ2) is 3.88. The fourth-order valence-electron chi connectivity index (χ4n) is 3.37. The number of fused-ring (bicyclic) bond motifs is 4.